The Labute approximate surface area is 97.7 Å². The van der Waals surface area contributed by atoms with Crippen LogP contribution in [0.15, 0.2) is 24.7 Å². The lowest BCUT2D eigenvalue weighted by Gasteiger charge is -2.09. The lowest BCUT2D eigenvalue weighted by atomic mass is 10.2. The molecule has 2 aromatic heterocycles. The number of aryl methyl sites for hydroxylation is 1. The third-order valence-corrected chi connectivity index (χ3v) is 2.38. The normalized spacial score (nSPS) is 10.4. The van der Waals surface area contributed by atoms with E-state index in [4.69, 9.17) is 10.8 Å². The van der Waals surface area contributed by atoms with Crippen LogP contribution >= 0.6 is 0 Å². The molecule has 6 nitrogen and oxygen atoms in total. The Bertz CT molecular complexity index is 562. The van der Waals surface area contributed by atoms with Gasteiger partial charge in [-0.25, -0.2) is 14.8 Å². The van der Waals surface area contributed by atoms with Crippen LogP contribution in [0, 0.1) is 0 Å². The molecule has 2 aromatic rings. The van der Waals surface area contributed by atoms with Crippen molar-refractivity contribution < 1.29 is 9.90 Å². The summed E-state index contributed by atoms with van der Waals surface area (Å²) < 4.78 is 1.66. The van der Waals surface area contributed by atoms with Crippen LogP contribution in [0.25, 0.3) is 5.82 Å². The van der Waals surface area contributed by atoms with Crippen LogP contribution in [0.2, 0.25) is 0 Å². The zero-order chi connectivity index (χ0) is 12.4. The van der Waals surface area contributed by atoms with Crippen LogP contribution < -0.4 is 5.73 Å². The molecule has 0 aliphatic heterocycles. The molecule has 17 heavy (non-hydrogen) atoms. The average molecular weight is 232 g/mol. The van der Waals surface area contributed by atoms with Crippen LogP contribution in [-0.4, -0.2) is 25.6 Å². The number of nitrogens with two attached hydrogens (primary N) is 1. The molecule has 0 saturated heterocycles. The van der Waals surface area contributed by atoms with Crippen LogP contribution in [0.1, 0.15) is 23.1 Å². The van der Waals surface area contributed by atoms with E-state index in [1.54, 1.807) is 17.0 Å². The quantitative estimate of drug-likeness (QED) is 0.826. The fourth-order valence-corrected chi connectivity index (χ4v) is 1.61. The predicted octanol–water partition coefficient (Wildman–Crippen LogP) is 1.11. The maximum absolute atomic E-state index is 11.1. The molecule has 3 N–H and O–H groups in total. The van der Waals surface area contributed by atoms with E-state index in [-0.39, 0.29) is 5.56 Å². The van der Waals surface area contributed by atoms with Gasteiger partial charge >= 0.3 is 5.97 Å². The molecule has 88 valence electrons. The molecule has 0 radical (unpaired) electrons. The highest BCUT2D eigenvalue weighted by Gasteiger charge is 2.15. The van der Waals surface area contributed by atoms with Crippen LogP contribution in [0.3, 0.4) is 0 Å². The second-order valence-electron chi connectivity index (χ2n) is 3.51. The van der Waals surface area contributed by atoms with E-state index < -0.39 is 5.97 Å². The second kappa shape index (κ2) is 4.25. The van der Waals surface area contributed by atoms with Crippen LogP contribution in [-0.2, 0) is 6.42 Å². The molecule has 0 bridgehead atoms. The van der Waals surface area contributed by atoms with Crippen molar-refractivity contribution >= 4 is 11.7 Å². The van der Waals surface area contributed by atoms with Crippen molar-refractivity contribution in [2.75, 3.05) is 5.73 Å². The fourth-order valence-electron chi connectivity index (χ4n) is 1.61. The molecule has 0 aliphatic carbocycles. The number of imidazole rings is 1. The molecule has 2 heterocycles. The lowest BCUT2D eigenvalue weighted by Crippen LogP contribution is -2.10. The van der Waals surface area contributed by atoms with E-state index in [1.165, 1.54) is 12.3 Å². The molecular formula is C11H12N4O2. The van der Waals surface area contributed by atoms with E-state index in [9.17, 15) is 4.79 Å². The minimum Gasteiger partial charge on any atom is -0.478 e. The highest BCUT2D eigenvalue weighted by molar-refractivity contribution is 5.92. The van der Waals surface area contributed by atoms with E-state index >= 15 is 0 Å². The first-order valence-electron chi connectivity index (χ1n) is 5.15. The Morgan fingerprint density at radius 2 is 2.29 bits per heavy atom. The molecule has 6 heteroatoms. The summed E-state index contributed by atoms with van der Waals surface area (Å²) in [5, 5.41) is 9.12. The summed E-state index contributed by atoms with van der Waals surface area (Å²) in [6.07, 6.45) is 5.42. The van der Waals surface area contributed by atoms with Gasteiger partial charge in [0, 0.05) is 18.8 Å². The third kappa shape index (κ3) is 1.96. The maximum atomic E-state index is 11.1. The van der Waals surface area contributed by atoms with Crippen LogP contribution in [0.5, 0.6) is 0 Å². The number of aromatic nitrogens is 3. The number of aromatic carboxylic acids is 1. The van der Waals surface area contributed by atoms with Gasteiger partial charge < -0.3 is 10.8 Å². The minimum atomic E-state index is -1.06. The van der Waals surface area contributed by atoms with E-state index in [0.29, 0.717) is 17.9 Å². The smallest absolute Gasteiger partial charge is 0.339 e. The van der Waals surface area contributed by atoms with Gasteiger partial charge in [0.1, 0.15) is 11.4 Å². The molecule has 0 aromatic carbocycles. The summed E-state index contributed by atoms with van der Waals surface area (Å²) in [5.41, 5.74) is 5.93. The Hall–Kier alpha value is -2.37. The first-order chi connectivity index (χ1) is 8.13. The number of pyridine rings is 1. The van der Waals surface area contributed by atoms with E-state index in [1.807, 2.05) is 6.92 Å². The van der Waals surface area contributed by atoms with E-state index in [2.05, 4.69) is 9.97 Å². The molecule has 0 atom stereocenters. The van der Waals surface area contributed by atoms with Gasteiger partial charge in [-0.1, -0.05) is 6.92 Å². The van der Waals surface area contributed by atoms with Gasteiger partial charge in [0.15, 0.2) is 5.82 Å². The average Bonchev–Trinajstić information content (AvgIpc) is 2.76. The maximum Gasteiger partial charge on any atom is 0.339 e. The van der Waals surface area contributed by atoms with Crippen LogP contribution in [0.4, 0.5) is 5.69 Å². The van der Waals surface area contributed by atoms with Crippen molar-refractivity contribution in [1.29, 1.82) is 0 Å². The Morgan fingerprint density at radius 1 is 1.53 bits per heavy atom. The van der Waals surface area contributed by atoms with Gasteiger partial charge in [0.05, 0.1) is 11.9 Å². The van der Waals surface area contributed by atoms with Crippen molar-refractivity contribution in [2.24, 2.45) is 0 Å². The van der Waals surface area contributed by atoms with Gasteiger partial charge in [0.2, 0.25) is 0 Å². The SMILES string of the molecule is CCc1nccn1-c1ncc(N)cc1C(=O)O. The highest BCUT2D eigenvalue weighted by atomic mass is 16.4. The fraction of sp³-hybridized carbons (Fsp3) is 0.182. The zero-order valence-electron chi connectivity index (χ0n) is 9.29. The third-order valence-electron chi connectivity index (χ3n) is 2.38. The van der Waals surface area contributed by atoms with Crippen molar-refractivity contribution in [3.05, 3.63) is 36.0 Å². The van der Waals surface area contributed by atoms with Crippen molar-refractivity contribution in [3.63, 3.8) is 0 Å². The number of carboxylic acid groups (broad SMARTS) is 1. The summed E-state index contributed by atoms with van der Waals surface area (Å²) in [7, 11) is 0. The number of nitrogens with zero attached hydrogens (tertiary/aromatic N) is 3. The molecule has 2 rings (SSSR count). The standard InChI is InChI=1S/C11H12N4O2/c1-2-9-13-3-4-15(9)10-8(11(16)17)5-7(12)6-14-10/h3-6H,2,12H2,1H3,(H,16,17). The molecular weight excluding hydrogens is 220 g/mol. The topological polar surface area (TPSA) is 94.0 Å². The predicted molar refractivity (Wildman–Crippen MR) is 62.1 cm³/mol. The first kappa shape index (κ1) is 11.1. The molecule has 0 fully saturated rings. The van der Waals surface area contributed by atoms with Gasteiger partial charge in [0.25, 0.3) is 0 Å². The summed E-state index contributed by atoms with van der Waals surface area (Å²) >= 11 is 0. The Balaban J connectivity index is 2.63. The van der Waals surface area contributed by atoms with E-state index in [0.717, 1.165) is 5.82 Å². The molecule has 0 spiro atoms. The largest absolute Gasteiger partial charge is 0.478 e. The zero-order valence-corrected chi connectivity index (χ0v) is 9.29. The number of rotatable bonds is 3. The Kier molecular flexibility index (Phi) is 2.78. The highest BCUT2D eigenvalue weighted by Crippen LogP contribution is 2.16. The lowest BCUT2D eigenvalue weighted by molar-refractivity contribution is 0.0696. The number of hydrogen-bond donors (Lipinski definition) is 2. The van der Waals surface area contributed by atoms with Crippen molar-refractivity contribution in [1.82, 2.24) is 14.5 Å². The Morgan fingerprint density at radius 3 is 2.94 bits per heavy atom. The number of hydrogen-bond acceptors (Lipinski definition) is 4. The monoisotopic (exact) mass is 232 g/mol. The summed E-state index contributed by atoms with van der Waals surface area (Å²) in [6.45, 7) is 1.94. The second-order valence-corrected chi connectivity index (χ2v) is 3.51. The number of carbonyl (C=O) groups is 1. The molecule has 0 saturated carbocycles. The molecule has 0 aliphatic rings. The first-order valence-corrected chi connectivity index (χ1v) is 5.15. The summed E-state index contributed by atoms with van der Waals surface area (Å²) in [4.78, 5) is 19.3. The summed E-state index contributed by atoms with van der Waals surface area (Å²) in [5.74, 6) is 0.0291. The van der Waals surface area contributed by atoms with Gasteiger partial charge in [-0.15, -0.1) is 0 Å². The molecule has 0 unspecified atom stereocenters. The number of carboxylic acids is 1. The number of nitrogen functional groups attached to an aromatic ring is 1. The van der Waals surface area contributed by atoms with Gasteiger partial charge in [-0.3, -0.25) is 4.57 Å². The van der Waals surface area contributed by atoms with Crippen molar-refractivity contribution in [2.45, 2.75) is 13.3 Å². The van der Waals surface area contributed by atoms with Gasteiger partial charge in [-0.2, -0.15) is 0 Å². The number of anilines is 1. The summed E-state index contributed by atoms with van der Waals surface area (Å²) in [6, 6.07) is 1.39. The van der Waals surface area contributed by atoms with Crippen molar-refractivity contribution in [3.8, 4) is 5.82 Å². The van der Waals surface area contributed by atoms with Gasteiger partial charge in [-0.05, 0) is 6.07 Å². The minimum absolute atomic E-state index is 0.0673. The molecule has 0 amide bonds.